The van der Waals surface area contributed by atoms with Crippen molar-refractivity contribution in [1.29, 1.82) is 0 Å². The zero-order valence-corrected chi connectivity index (χ0v) is 11.4. The Hall–Kier alpha value is -0.640. The third kappa shape index (κ3) is 8.13. The van der Waals surface area contributed by atoms with Gasteiger partial charge < -0.3 is 13.8 Å². The molecule has 0 aliphatic carbocycles. The predicted octanol–water partition coefficient (Wildman–Crippen LogP) is 2.76. The van der Waals surface area contributed by atoms with Gasteiger partial charge in [-0.3, -0.25) is 4.57 Å². The molecule has 0 saturated heterocycles. The fourth-order valence-corrected chi connectivity index (χ4v) is 2.51. The van der Waals surface area contributed by atoms with Crippen LogP contribution in [-0.2, 0) is 23.1 Å². The van der Waals surface area contributed by atoms with Crippen molar-refractivity contribution in [2.75, 3.05) is 26.0 Å². The molecule has 0 fully saturated rings. The van der Waals surface area contributed by atoms with Gasteiger partial charge in [0.2, 0.25) is 0 Å². The molecule has 0 amide bonds. The van der Waals surface area contributed by atoms with Crippen molar-refractivity contribution in [2.24, 2.45) is 0 Å². The van der Waals surface area contributed by atoms with Crippen LogP contribution in [0.2, 0.25) is 0 Å². The topological polar surface area (TPSA) is 61.8 Å². The molecular formula is C11H21O5P. The molecule has 5 nitrogen and oxygen atoms in total. The third-order valence-corrected chi connectivity index (χ3v) is 3.64. The van der Waals surface area contributed by atoms with Crippen LogP contribution < -0.4 is 0 Å². The number of carbonyl (C=O) groups excluding carboxylic acids is 1. The van der Waals surface area contributed by atoms with Gasteiger partial charge in [-0.2, -0.15) is 0 Å². The summed E-state index contributed by atoms with van der Waals surface area (Å²) in [5, 5.41) is 0. The SMILES string of the molecule is C=CC(=O)OCCP(=O)(OCCC)OCCC. The summed E-state index contributed by atoms with van der Waals surface area (Å²) in [4.78, 5) is 10.8. The van der Waals surface area contributed by atoms with E-state index in [0.717, 1.165) is 18.9 Å². The van der Waals surface area contributed by atoms with Crippen molar-refractivity contribution >= 4 is 13.6 Å². The molecule has 0 bridgehead atoms. The summed E-state index contributed by atoms with van der Waals surface area (Å²) >= 11 is 0. The second kappa shape index (κ2) is 9.40. The van der Waals surface area contributed by atoms with Crippen molar-refractivity contribution in [1.82, 2.24) is 0 Å². The lowest BCUT2D eigenvalue weighted by atomic mass is 10.5. The summed E-state index contributed by atoms with van der Waals surface area (Å²) < 4.78 is 27.3. The van der Waals surface area contributed by atoms with E-state index in [1.807, 2.05) is 13.8 Å². The summed E-state index contributed by atoms with van der Waals surface area (Å²) in [6, 6.07) is 0. The first kappa shape index (κ1) is 16.4. The van der Waals surface area contributed by atoms with Crippen LogP contribution in [0.15, 0.2) is 12.7 Å². The van der Waals surface area contributed by atoms with Crippen LogP contribution in [0.25, 0.3) is 0 Å². The number of rotatable bonds is 10. The molecule has 0 aromatic heterocycles. The van der Waals surface area contributed by atoms with Crippen LogP contribution in [-0.4, -0.2) is 32.0 Å². The first-order valence-electron chi connectivity index (χ1n) is 5.75. The van der Waals surface area contributed by atoms with Gasteiger partial charge in [0.15, 0.2) is 0 Å². The minimum absolute atomic E-state index is 0.00948. The number of hydrogen-bond acceptors (Lipinski definition) is 5. The largest absolute Gasteiger partial charge is 0.462 e. The van der Waals surface area contributed by atoms with E-state index in [1.54, 1.807) is 0 Å². The van der Waals surface area contributed by atoms with Crippen LogP contribution in [0, 0.1) is 0 Å². The van der Waals surface area contributed by atoms with E-state index >= 15 is 0 Å². The van der Waals surface area contributed by atoms with Crippen LogP contribution in [0.1, 0.15) is 26.7 Å². The molecule has 0 N–H and O–H groups in total. The van der Waals surface area contributed by atoms with Gasteiger partial charge in [0.25, 0.3) is 0 Å². The van der Waals surface area contributed by atoms with Gasteiger partial charge in [0, 0.05) is 6.08 Å². The first-order chi connectivity index (χ1) is 8.08. The zero-order valence-electron chi connectivity index (χ0n) is 10.5. The first-order valence-corrected chi connectivity index (χ1v) is 7.48. The Balaban J connectivity index is 4.12. The maximum atomic E-state index is 12.1. The second-order valence-corrected chi connectivity index (χ2v) is 5.56. The minimum Gasteiger partial charge on any atom is -0.462 e. The molecule has 0 spiro atoms. The Bertz CT molecular complexity index is 265. The highest BCUT2D eigenvalue weighted by Gasteiger charge is 2.24. The maximum Gasteiger partial charge on any atom is 0.334 e. The average molecular weight is 264 g/mol. The van der Waals surface area contributed by atoms with E-state index in [4.69, 9.17) is 13.8 Å². The van der Waals surface area contributed by atoms with Crippen molar-refractivity contribution in [3.05, 3.63) is 12.7 Å². The van der Waals surface area contributed by atoms with Crippen LogP contribution in [0.4, 0.5) is 0 Å². The van der Waals surface area contributed by atoms with Gasteiger partial charge in [-0.25, -0.2) is 4.79 Å². The molecule has 6 heteroatoms. The summed E-state index contributed by atoms with van der Waals surface area (Å²) in [5.41, 5.74) is 0. The van der Waals surface area contributed by atoms with E-state index < -0.39 is 13.6 Å². The zero-order chi connectivity index (χ0) is 13.1. The Morgan fingerprint density at radius 2 is 1.71 bits per heavy atom. The molecular weight excluding hydrogens is 243 g/mol. The van der Waals surface area contributed by atoms with E-state index in [-0.39, 0.29) is 12.8 Å². The monoisotopic (exact) mass is 264 g/mol. The molecule has 0 aromatic rings. The second-order valence-electron chi connectivity index (χ2n) is 3.37. The number of esters is 1. The molecule has 0 atom stereocenters. The van der Waals surface area contributed by atoms with Crippen LogP contribution >= 0.6 is 7.60 Å². The Kier molecular flexibility index (Phi) is 9.04. The maximum absolute atomic E-state index is 12.1. The normalized spacial score (nSPS) is 11.2. The third-order valence-electron chi connectivity index (χ3n) is 1.76. The van der Waals surface area contributed by atoms with E-state index in [9.17, 15) is 9.36 Å². The molecule has 0 radical (unpaired) electrons. The Labute approximate surface area is 103 Å². The quantitative estimate of drug-likeness (QED) is 0.345. The highest BCUT2D eigenvalue weighted by atomic mass is 31.2. The van der Waals surface area contributed by atoms with E-state index in [2.05, 4.69) is 6.58 Å². The lowest BCUT2D eigenvalue weighted by Crippen LogP contribution is -2.10. The summed E-state index contributed by atoms with van der Waals surface area (Å²) in [6.07, 6.45) is 2.65. The summed E-state index contributed by atoms with van der Waals surface area (Å²) in [7, 11) is -3.13. The van der Waals surface area contributed by atoms with Crippen LogP contribution in [0.5, 0.6) is 0 Å². The Morgan fingerprint density at radius 3 is 2.12 bits per heavy atom. The Morgan fingerprint density at radius 1 is 1.18 bits per heavy atom. The predicted molar refractivity (Wildman–Crippen MR) is 66.1 cm³/mol. The average Bonchev–Trinajstić information content (AvgIpc) is 2.34. The lowest BCUT2D eigenvalue weighted by molar-refractivity contribution is -0.137. The van der Waals surface area contributed by atoms with Gasteiger partial charge in [-0.15, -0.1) is 0 Å². The van der Waals surface area contributed by atoms with Gasteiger partial charge in [0.05, 0.1) is 19.4 Å². The molecule has 0 rings (SSSR count). The fourth-order valence-electron chi connectivity index (χ4n) is 0.944. The molecule has 17 heavy (non-hydrogen) atoms. The smallest absolute Gasteiger partial charge is 0.334 e. The molecule has 100 valence electrons. The number of ether oxygens (including phenoxy) is 1. The molecule has 0 heterocycles. The molecule has 0 aromatic carbocycles. The summed E-state index contributed by atoms with van der Waals surface area (Å²) in [6.45, 7) is 7.86. The number of carbonyl (C=O) groups is 1. The number of hydrogen-bond donors (Lipinski definition) is 0. The molecule has 0 aliphatic rings. The van der Waals surface area contributed by atoms with E-state index in [0.29, 0.717) is 13.2 Å². The van der Waals surface area contributed by atoms with Gasteiger partial charge >= 0.3 is 13.6 Å². The van der Waals surface area contributed by atoms with Crippen LogP contribution in [0.3, 0.4) is 0 Å². The van der Waals surface area contributed by atoms with Gasteiger partial charge in [-0.05, 0) is 12.8 Å². The van der Waals surface area contributed by atoms with Gasteiger partial charge in [-0.1, -0.05) is 20.4 Å². The molecule has 0 saturated carbocycles. The van der Waals surface area contributed by atoms with Gasteiger partial charge in [0.1, 0.15) is 6.61 Å². The fraction of sp³-hybridized carbons (Fsp3) is 0.727. The van der Waals surface area contributed by atoms with Crippen molar-refractivity contribution < 1.29 is 23.1 Å². The van der Waals surface area contributed by atoms with Crippen molar-refractivity contribution in [2.45, 2.75) is 26.7 Å². The highest BCUT2D eigenvalue weighted by Crippen LogP contribution is 2.47. The lowest BCUT2D eigenvalue weighted by Gasteiger charge is -2.17. The summed E-state index contributed by atoms with van der Waals surface area (Å²) in [5.74, 6) is -0.539. The standard InChI is InChI=1S/C11H21O5P/c1-4-7-15-17(13,16-8-5-2)10-9-14-11(12)6-3/h6H,3-5,7-10H2,1-2H3. The van der Waals surface area contributed by atoms with E-state index in [1.165, 1.54) is 0 Å². The van der Waals surface area contributed by atoms with Crippen molar-refractivity contribution in [3.63, 3.8) is 0 Å². The molecule has 0 aliphatic heterocycles. The molecule has 0 unspecified atom stereocenters. The highest BCUT2D eigenvalue weighted by molar-refractivity contribution is 7.53. The minimum atomic E-state index is -3.13. The van der Waals surface area contributed by atoms with Crippen molar-refractivity contribution in [3.8, 4) is 0 Å².